The summed E-state index contributed by atoms with van der Waals surface area (Å²) in [6.07, 6.45) is 6.60. The molecule has 1 saturated carbocycles. The van der Waals surface area contributed by atoms with Gasteiger partial charge in [0, 0.05) is 12.7 Å². The molecule has 1 fully saturated rings. The molecule has 0 bridgehead atoms. The zero-order chi connectivity index (χ0) is 22.9. The van der Waals surface area contributed by atoms with E-state index in [0.717, 1.165) is 43.2 Å². The van der Waals surface area contributed by atoms with E-state index in [1.54, 1.807) is 16.7 Å². The van der Waals surface area contributed by atoms with Crippen LogP contribution in [0.5, 0.6) is 0 Å². The van der Waals surface area contributed by atoms with Crippen molar-refractivity contribution in [3.63, 3.8) is 0 Å². The number of hydrogen-bond acceptors (Lipinski definition) is 4. The summed E-state index contributed by atoms with van der Waals surface area (Å²) < 4.78 is 3.47. The maximum Gasteiger partial charge on any atom is 0.278 e. The van der Waals surface area contributed by atoms with Crippen molar-refractivity contribution in [2.75, 3.05) is 12.3 Å². The molecule has 7 nitrogen and oxygen atoms in total. The standard InChI is InChI=1S/C26H27N5O2/c1-17-11-12-22-29-24-21(26(33)30(22)16-17)15-20(23(27)31(24)19-9-5-6-10-19)25(32)28-14-13-18-7-3-2-4-8-18/h2-4,7-8,11-12,15-16,19,27H,5-6,9-10,13-14H2,1H3,(H,28,32)/p+1. The number of anilines is 1. The van der Waals surface area contributed by atoms with Crippen LogP contribution >= 0.6 is 0 Å². The highest BCUT2D eigenvalue weighted by Crippen LogP contribution is 2.28. The summed E-state index contributed by atoms with van der Waals surface area (Å²) in [5.74, 6) is 0.0980. The predicted molar refractivity (Wildman–Crippen MR) is 128 cm³/mol. The van der Waals surface area contributed by atoms with Crippen LogP contribution in [0.1, 0.15) is 53.2 Å². The van der Waals surface area contributed by atoms with Gasteiger partial charge in [-0.3, -0.25) is 14.0 Å². The lowest BCUT2D eigenvalue weighted by Crippen LogP contribution is -2.45. The Morgan fingerprint density at radius 3 is 2.70 bits per heavy atom. The minimum atomic E-state index is -0.272. The molecular weight excluding hydrogens is 414 g/mol. The van der Waals surface area contributed by atoms with E-state index in [0.29, 0.717) is 34.6 Å². The minimum Gasteiger partial charge on any atom is -0.351 e. The van der Waals surface area contributed by atoms with Crippen LogP contribution in [0, 0.1) is 6.92 Å². The number of carbonyl (C=O) groups excluding carboxylic acids is 1. The second kappa shape index (κ2) is 8.65. The molecule has 0 spiro atoms. The summed E-state index contributed by atoms with van der Waals surface area (Å²) in [7, 11) is 0. The summed E-state index contributed by atoms with van der Waals surface area (Å²) >= 11 is 0. The highest BCUT2D eigenvalue weighted by atomic mass is 16.1. The van der Waals surface area contributed by atoms with Crippen molar-refractivity contribution in [1.29, 1.82) is 0 Å². The lowest BCUT2D eigenvalue weighted by molar-refractivity contribution is -0.685. The van der Waals surface area contributed by atoms with Gasteiger partial charge in [-0.05, 0) is 62.3 Å². The van der Waals surface area contributed by atoms with Crippen molar-refractivity contribution in [3.8, 4) is 0 Å². The monoisotopic (exact) mass is 442 g/mol. The van der Waals surface area contributed by atoms with E-state index in [1.807, 2.05) is 54.0 Å². The zero-order valence-corrected chi connectivity index (χ0v) is 18.8. The average Bonchev–Trinajstić information content (AvgIpc) is 3.34. The van der Waals surface area contributed by atoms with Gasteiger partial charge in [-0.2, -0.15) is 0 Å². The number of nitrogens with one attached hydrogen (secondary N) is 1. The Balaban J connectivity index is 1.60. The fraction of sp³-hybridized carbons (Fsp3) is 0.308. The largest absolute Gasteiger partial charge is 0.351 e. The van der Waals surface area contributed by atoms with Gasteiger partial charge in [-0.1, -0.05) is 41.4 Å². The lowest BCUT2D eigenvalue weighted by atomic mass is 10.1. The topological polar surface area (TPSA) is 93.4 Å². The van der Waals surface area contributed by atoms with Gasteiger partial charge in [0.15, 0.2) is 0 Å². The van der Waals surface area contributed by atoms with Crippen LogP contribution in [0.2, 0.25) is 0 Å². The van der Waals surface area contributed by atoms with Crippen LogP contribution < -0.4 is 21.2 Å². The first kappa shape index (κ1) is 21.1. The summed E-state index contributed by atoms with van der Waals surface area (Å²) in [5, 5.41) is 3.38. The van der Waals surface area contributed by atoms with E-state index >= 15 is 0 Å². The van der Waals surface area contributed by atoms with Crippen LogP contribution in [0.15, 0.2) is 59.5 Å². The molecule has 3 aromatic heterocycles. The van der Waals surface area contributed by atoms with Crippen LogP contribution in [0.25, 0.3) is 16.7 Å². The highest BCUT2D eigenvalue weighted by molar-refractivity contribution is 6.00. The third-order valence-electron chi connectivity index (χ3n) is 6.51. The normalized spacial score (nSPS) is 14.2. The number of benzene rings is 1. The fourth-order valence-electron chi connectivity index (χ4n) is 4.79. The van der Waals surface area contributed by atoms with E-state index in [1.165, 1.54) is 0 Å². The summed E-state index contributed by atoms with van der Waals surface area (Å²) in [4.78, 5) is 31.4. The molecule has 7 heteroatoms. The first-order valence-corrected chi connectivity index (χ1v) is 11.5. The van der Waals surface area contributed by atoms with E-state index in [2.05, 4.69) is 5.32 Å². The second-order valence-corrected chi connectivity index (χ2v) is 8.83. The van der Waals surface area contributed by atoms with Crippen LogP contribution in [-0.4, -0.2) is 21.8 Å². The Kier molecular flexibility index (Phi) is 5.54. The van der Waals surface area contributed by atoms with Crippen LogP contribution in [0.3, 0.4) is 0 Å². The number of aromatic nitrogens is 3. The minimum absolute atomic E-state index is 0.129. The van der Waals surface area contributed by atoms with Gasteiger partial charge in [0.1, 0.15) is 10.9 Å². The number of nitrogens with two attached hydrogens (primary N) is 1. The van der Waals surface area contributed by atoms with E-state index in [9.17, 15) is 9.59 Å². The van der Waals surface area contributed by atoms with Gasteiger partial charge >= 0.3 is 0 Å². The Morgan fingerprint density at radius 2 is 1.94 bits per heavy atom. The van der Waals surface area contributed by atoms with Crippen molar-refractivity contribution < 1.29 is 9.36 Å². The van der Waals surface area contributed by atoms with Gasteiger partial charge in [0.05, 0.1) is 6.04 Å². The third kappa shape index (κ3) is 3.95. The molecule has 3 heterocycles. The van der Waals surface area contributed by atoms with Crippen molar-refractivity contribution in [2.45, 2.75) is 45.1 Å². The number of carbonyl (C=O) groups is 1. The number of nitrogen functional groups attached to an aromatic ring is 1. The Bertz CT molecular complexity index is 1410. The number of hydrogen-bond donors (Lipinski definition) is 2. The summed E-state index contributed by atoms with van der Waals surface area (Å²) in [6.45, 7) is 2.42. The Labute approximate surface area is 191 Å². The second-order valence-electron chi connectivity index (χ2n) is 8.83. The van der Waals surface area contributed by atoms with E-state index < -0.39 is 0 Å². The van der Waals surface area contributed by atoms with Crippen molar-refractivity contribution in [1.82, 2.24) is 14.7 Å². The maximum atomic E-state index is 13.4. The molecule has 1 aliphatic rings. The Hall–Kier alpha value is -3.74. The quantitative estimate of drug-likeness (QED) is 0.367. The first-order chi connectivity index (χ1) is 16.0. The van der Waals surface area contributed by atoms with Crippen LogP contribution in [-0.2, 0) is 6.42 Å². The zero-order valence-electron chi connectivity index (χ0n) is 18.8. The fourth-order valence-corrected chi connectivity index (χ4v) is 4.79. The van der Waals surface area contributed by atoms with Gasteiger partial charge in [-0.15, -0.1) is 0 Å². The number of nitrogens with zero attached hydrogens (tertiary/aromatic N) is 3. The predicted octanol–water partition coefficient (Wildman–Crippen LogP) is 3.11. The molecule has 4 aromatic rings. The molecule has 0 atom stereocenters. The first-order valence-electron chi connectivity index (χ1n) is 11.5. The lowest BCUT2D eigenvalue weighted by Gasteiger charge is -2.16. The highest BCUT2D eigenvalue weighted by Gasteiger charge is 2.30. The summed E-state index contributed by atoms with van der Waals surface area (Å²) in [6, 6.07) is 15.5. The molecular formula is C26H28N5O2+. The molecule has 0 unspecified atom stereocenters. The molecule has 1 amide bonds. The Morgan fingerprint density at radius 1 is 1.18 bits per heavy atom. The number of pyridine rings is 2. The molecule has 5 rings (SSSR count). The van der Waals surface area contributed by atoms with Crippen molar-refractivity contribution >= 4 is 28.4 Å². The molecule has 33 heavy (non-hydrogen) atoms. The molecule has 168 valence electrons. The third-order valence-corrected chi connectivity index (χ3v) is 6.51. The molecule has 0 aliphatic heterocycles. The molecule has 0 saturated heterocycles. The average molecular weight is 443 g/mol. The van der Waals surface area contributed by atoms with Gasteiger partial charge in [0.25, 0.3) is 17.1 Å². The molecule has 1 aromatic carbocycles. The van der Waals surface area contributed by atoms with Crippen molar-refractivity contribution in [2.24, 2.45) is 0 Å². The molecule has 0 radical (unpaired) electrons. The number of aryl methyl sites for hydroxylation is 1. The van der Waals surface area contributed by atoms with Crippen LogP contribution in [0.4, 0.5) is 5.82 Å². The number of rotatable bonds is 5. The van der Waals surface area contributed by atoms with Crippen molar-refractivity contribution in [3.05, 3.63) is 81.8 Å². The number of amides is 1. The maximum absolute atomic E-state index is 13.4. The SMILES string of the molecule is Cc1ccc2nc3c(cc(C(=O)NCCc4ccccc4)c(N)[n+]3C3CCCC3)c(=O)n2c1. The van der Waals surface area contributed by atoms with Gasteiger partial charge < -0.3 is 11.1 Å². The molecule has 1 aliphatic carbocycles. The van der Waals surface area contributed by atoms with E-state index in [4.69, 9.17) is 10.7 Å². The number of fused-ring (bicyclic) bond motifs is 2. The van der Waals surface area contributed by atoms with Gasteiger partial charge in [0.2, 0.25) is 11.5 Å². The summed E-state index contributed by atoms with van der Waals surface area (Å²) in [5.41, 5.74) is 9.95. The molecule has 3 N–H and O–H groups in total. The van der Waals surface area contributed by atoms with Gasteiger partial charge in [-0.25, -0.2) is 4.57 Å². The van der Waals surface area contributed by atoms with E-state index in [-0.39, 0.29) is 17.5 Å². The smallest absolute Gasteiger partial charge is 0.278 e.